The fourth-order valence-corrected chi connectivity index (χ4v) is 5.64. The van der Waals surface area contributed by atoms with E-state index in [0.29, 0.717) is 12.2 Å². The Bertz CT molecular complexity index is 1160. The molecule has 6 nitrogen and oxygen atoms in total. The molecule has 0 aliphatic rings. The molecule has 1 aromatic heterocycles. The summed E-state index contributed by atoms with van der Waals surface area (Å²) in [6.45, 7) is 5.90. The lowest BCUT2D eigenvalue weighted by Gasteiger charge is -2.26. The van der Waals surface area contributed by atoms with E-state index in [1.165, 1.54) is 4.31 Å². The third-order valence-electron chi connectivity index (χ3n) is 5.35. The number of carbonyl (C=O) groups is 1. The number of amides is 1. The second kappa shape index (κ2) is 11.4. The Morgan fingerprint density at radius 3 is 2.48 bits per heavy atom. The van der Waals surface area contributed by atoms with Crippen molar-refractivity contribution in [3.05, 3.63) is 83.3 Å². The quantitative estimate of drug-likeness (QED) is 0.392. The number of benzene rings is 2. The Hall–Kier alpha value is -2.71. The molecule has 1 amide bonds. The molecule has 0 saturated heterocycles. The Balaban J connectivity index is 1.67. The molecular formula is C25H30N2O4S2. The van der Waals surface area contributed by atoms with E-state index >= 15 is 0 Å². The van der Waals surface area contributed by atoms with Gasteiger partial charge in [0.15, 0.2) is 0 Å². The van der Waals surface area contributed by atoms with Crippen molar-refractivity contribution in [2.75, 3.05) is 23.1 Å². The first kappa shape index (κ1) is 24.9. The van der Waals surface area contributed by atoms with E-state index in [4.69, 9.17) is 4.42 Å². The van der Waals surface area contributed by atoms with Crippen LogP contribution in [0.4, 0.5) is 5.69 Å². The lowest BCUT2D eigenvalue weighted by atomic mass is 10.1. The van der Waals surface area contributed by atoms with Crippen LogP contribution >= 0.6 is 11.8 Å². The predicted octanol–water partition coefficient (Wildman–Crippen LogP) is 4.84. The first-order chi connectivity index (χ1) is 15.8. The van der Waals surface area contributed by atoms with Crippen molar-refractivity contribution >= 4 is 33.4 Å². The highest BCUT2D eigenvalue weighted by atomic mass is 32.2. The highest BCUT2D eigenvalue weighted by Crippen LogP contribution is 2.28. The summed E-state index contributed by atoms with van der Waals surface area (Å²) < 4.78 is 33.5. The van der Waals surface area contributed by atoms with Gasteiger partial charge in [0.1, 0.15) is 12.3 Å². The van der Waals surface area contributed by atoms with E-state index in [1.54, 1.807) is 48.4 Å². The van der Waals surface area contributed by atoms with Crippen molar-refractivity contribution in [1.82, 2.24) is 5.32 Å². The van der Waals surface area contributed by atoms with Gasteiger partial charge in [-0.05, 0) is 74.4 Å². The molecule has 1 heterocycles. The molecule has 0 spiro atoms. The minimum atomic E-state index is -3.91. The SMILES string of the molecule is Cc1ccc(S(=O)(=O)N(CC(=O)NCCCSCc2ccco2)c2cccc(C)c2C)cc1. The van der Waals surface area contributed by atoms with Gasteiger partial charge in [-0.1, -0.05) is 29.8 Å². The number of anilines is 1. The van der Waals surface area contributed by atoms with Gasteiger partial charge in [0.25, 0.3) is 10.0 Å². The number of aryl methyl sites for hydroxylation is 2. The van der Waals surface area contributed by atoms with Crippen LogP contribution in [0.3, 0.4) is 0 Å². The molecule has 0 radical (unpaired) electrons. The first-order valence-electron chi connectivity index (χ1n) is 10.8. The van der Waals surface area contributed by atoms with Gasteiger partial charge in [-0.15, -0.1) is 0 Å². The zero-order chi connectivity index (χ0) is 23.8. The molecule has 2 aromatic carbocycles. The minimum Gasteiger partial charge on any atom is -0.468 e. The van der Waals surface area contributed by atoms with E-state index in [1.807, 2.05) is 45.0 Å². The van der Waals surface area contributed by atoms with Gasteiger partial charge in [-0.2, -0.15) is 11.8 Å². The van der Waals surface area contributed by atoms with Gasteiger partial charge in [0.05, 0.1) is 22.6 Å². The first-order valence-corrected chi connectivity index (χ1v) is 13.4. The lowest BCUT2D eigenvalue weighted by Crippen LogP contribution is -2.41. The van der Waals surface area contributed by atoms with Gasteiger partial charge in [-0.3, -0.25) is 9.10 Å². The monoisotopic (exact) mass is 486 g/mol. The average Bonchev–Trinajstić information content (AvgIpc) is 3.30. The van der Waals surface area contributed by atoms with Crippen LogP contribution in [0.2, 0.25) is 0 Å². The largest absolute Gasteiger partial charge is 0.468 e. The molecule has 0 aliphatic carbocycles. The summed E-state index contributed by atoms with van der Waals surface area (Å²) >= 11 is 1.73. The van der Waals surface area contributed by atoms with E-state index in [-0.39, 0.29) is 17.3 Å². The molecule has 8 heteroatoms. The number of carbonyl (C=O) groups excluding carboxylic acids is 1. The van der Waals surface area contributed by atoms with Crippen molar-refractivity contribution in [2.45, 2.75) is 37.8 Å². The third-order valence-corrected chi connectivity index (χ3v) is 8.19. The number of rotatable bonds is 11. The van der Waals surface area contributed by atoms with Crippen LogP contribution in [0.1, 0.15) is 28.9 Å². The van der Waals surface area contributed by atoms with Crippen molar-refractivity contribution in [2.24, 2.45) is 0 Å². The Kier molecular flexibility index (Phi) is 8.63. The molecular weight excluding hydrogens is 456 g/mol. The zero-order valence-corrected chi connectivity index (χ0v) is 20.8. The number of hydrogen-bond donors (Lipinski definition) is 1. The predicted molar refractivity (Wildman–Crippen MR) is 134 cm³/mol. The van der Waals surface area contributed by atoms with Crippen LogP contribution < -0.4 is 9.62 Å². The molecule has 1 N–H and O–H groups in total. The Morgan fingerprint density at radius 2 is 1.79 bits per heavy atom. The van der Waals surface area contributed by atoms with Crippen molar-refractivity contribution in [1.29, 1.82) is 0 Å². The number of thioether (sulfide) groups is 1. The van der Waals surface area contributed by atoms with Crippen LogP contribution in [0.5, 0.6) is 0 Å². The number of nitrogens with zero attached hydrogens (tertiary/aromatic N) is 1. The average molecular weight is 487 g/mol. The van der Waals surface area contributed by atoms with Crippen LogP contribution in [0.25, 0.3) is 0 Å². The van der Waals surface area contributed by atoms with Crippen LogP contribution in [-0.2, 0) is 20.6 Å². The van der Waals surface area contributed by atoms with Gasteiger partial charge in [0, 0.05) is 6.54 Å². The van der Waals surface area contributed by atoms with Crippen molar-refractivity contribution in [3.8, 4) is 0 Å². The van der Waals surface area contributed by atoms with Crippen LogP contribution in [0.15, 0.2) is 70.2 Å². The topological polar surface area (TPSA) is 79.6 Å². The van der Waals surface area contributed by atoms with Gasteiger partial charge >= 0.3 is 0 Å². The molecule has 0 saturated carbocycles. The fourth-order valence-electron chi connectivity index (χ4n) is 3.30. The normalized spacial score (nSPS) is 11.4. The number of sulfonamides is 1. The summed E-state index contributed by atoms with van der Waals surface area (Å²) in [6.07, 6.45) is 2.44. The Morgan fingerprint density at radius 1 is 1.03 bits per heavy atom. The highest BCUT2D eigenvalue weighted by Gasteiger charge is 2.28. The summed E-state index contributed by atoms with van der Waals surface area (Å²) in [5, 5.41) is 2.86. The number of furan rings is 1. The van der Waals surface area contributed by atoms with Crippen LogP contribution in [-0.4, -0.2) is 33.2 Å². The van der Waals surface area contributed by atoms with Gasteiger partial charge < -0.3 is 9.73 Å². The molecule has 3 aromatic rings. The van der Waals surface area contributed by atoms with Crippen molar-refractivity contribution in [3.63, 3.8) is 0 Å². The van der Waals surface area contributed by atoms with E-state index in [0.717, 1.165) is 40.4 Å². The molecule has 176 valence electrons. The number of hydrogen-bond acceptors (Lipinski definition) is 5. The van der Waals surface area contributed by atoms with Crippen molar-refractivity contribution < 1.29 is 17.6 Å². The third kappa shape index (κ3) is 6.65. The van der Waals surface area contributed by atoms with Gasteiger partial charge in [0.2, 0.25) is 5.91 Å². The van der Waals surface area contributed by atoms with E-state index in [9.17, 15) is 13.2 Å². The summed E-state index contributed by atoms with van der Waals surface area (Å²) in [7, 11) is -3.91. The zero-order valence-electron chi connectivity index (χ0n) is 19.2. The van der Waals surface area contributed by atoms with E-state index < -0.39 is 10.0 Å². The fraction of sp³-hybridized carbons (Fsp3) is 0.320. The lowest BCUT2D eigenvalue weighted by molar-refractivity contribution is -0.119. The molecule has 3 rings (SSSR count). The maximum absolute atomic E-state index is 13.5. The molecule has 0 bridgehead atoms. The highest BCUT2D eigenvalue weighted by molar-refractivity contribution is 7.98. The summed E-state index contributed by atoms with van der Waals surface area (Å²) in [5.74, 6) is 2.25. The molecule has 0 fully saturated rings. The van der Waals surface area contributed by atoms with Gasteiger partial charge in [-0.25, -0.2) is 8.42 Å². The number of nitrogens with one attached hydrogen (secondary N) is 1. The smallest absolute Gasteiger partial charge is 0.264 e. The molecule has 0 unspecified atom stereocenters. The molecule has 33 heavy (non-hydrogen) atoms. The molecule has 0 aliphatic heterocycles. The Labute approximate surface area is 200 Å². The second-order valence-electron chi connectivity index (χ2n) is 7.88. The molecule has 0 atom stereocenters. The van der Waals surface area contributed by atoms with E-state index in [2.05, 4.69) is 5.32 Å². The summed E-state index contributed by atoms with van der Waals surface area (Å²) in [6, 6.07) is 16.0. The maximum Gasteiger partial charge on any atom is 0.264 e. The summed E-state index contributed by atoms with van der Waals surface area (Å²) in [5.41, 5.74) is 3.27. The standard InChI is InChI=1S/C25H30N2O4S2/c1-19-10-12-23(13-11-19)33(29,30)27(24-9-4-7-20(2)21(24)3)17-25(28)26-14-6-16-32-18-22-8-5-15-31-22/h4-5,7-13,15H,6,14,16-18H2,1-3H3,(H,26,28). The summed E-state index contributed by atoms with van der Waals surface area (Å²) in [4.78, 5) is 12.9. The maximum atomic E-state index is 13.5. The second-order valence-corrected chi connectivity index (χ2v) is 10.8. The minimum absolute atomic E-state index is 0.163. The van der Waals surface area contributed by atoms with Crippen LogP contribution in [0, 0.1) is 20.8 Å².